The summed E-state index contributed by atoms with van der Waals surface area (Å²) in [6, 6.07) is 10.7. The number of nitrogens with one attached hydrogen (secondary N) is 1. The number of unbranched alkanes of at least 4 members (excludes halogenated alkanes) is 2. The number of hydrogen-bond donors (Lipinski definition) is 1. The average molecular weight is 256 g/mol. The molecule has 19 heavy (non-hydrogen) atoms. The van der Waals surface area contributed by atoms with Crippen molar-refractivity contribution in [1.29, 1.82) is 0 Å². The van der Waals surface area contributed by atoms with E-state index in [0.29, 0.717) is 0 Å². The Kier molecular flexibility index (Phi) is 5.67. The van der Waals surface area contributed by atoms with Crippen molar-refractivity contribution in [2.75, 3.05) is 0 Å². The van der Waals surface area contributed by atoms with Gasteiger partial charge in [-0.3, -0.25) is 0 Å². The van der Waals surface area contributed by atoms with Gasteiger partial charge in [-0.1, -0.05) is 43.7 Å². The summed E-state index contributed by atoms with van der Waals surface area (Å²) in [5.74, 6) is 1.15. The van der Waals surface area contributed by atoms with Crippen LogP contribution in [0, 0.1) is 0 Å². The molecule has 0 aliphatic rings. The monoisotopic (exact) mass is 256 g/mol. The van der Waals surface area contributed by atoms with Crippen LogP contribution < -0.4 is 0 Å². The van der Waals surface area contributed by atoms with E-state index in [9.17, 15) is 0 Å². The Morgan fingerprint density at radius 3 is 2.53 bits per heavy atom. The molecule has 0 atom stereocenters. The van der Waals surface area contributed by atoms with E-state index in [2.05, 4.69) is 47.2 Å². The van der Waals surface area contributed by atoms with Gasteiger partial charge in [-0.05, 0) is 37.7 Å². The Morgan fingerprint density at radius 1 is 0.947 bits per heavy atom. The van der Waals surface area contributed by atoms with Crippen LogP contribution in [0.2, 0.25) is 0 Å². The summed E-state index contributed by atoms with van der Waals surface area (Å²) in [6.07, 6.45) is 10.3. The van der Waals surface area contributed by atoms with Crippen molar-refractivity contribution in [3.63, 3.8) is 0 Å². The summed E-state index contributed by atoms with van der Waals surface area (Å²) in [4.78, 5) is 7.87. The molecule has 0 saturated carbocycles. The van der Waals surface area contributed by atoms with E-state index in [1.807, 2.05) is 6.20 Å². The van der Waals surface area contributed by atoms with Gasteiger partial charge in [0, 0.05) is 18.3 Å². The number of nitrogens with zero attached hydrogens (tertiary/aromatic N) is 1. The Morgan fingerprint density at radius 2 is 1.74 bits per heavy atom. The second kappa shape index (κ2) is 7.78. The SMILES string of the molecule is CCCCc1ncc(CCCCc2ccccc2)[nH]1. The van der Waals surface area contributed by atoms with Crippen molar-refractivity contribution in [2.24, 2.45) is 0 Å². The smallest absolute Gasteiger partial charge is 0.106 e. The molecule has 0 aliphatic carbocycles. The number of aryl methyl sites for hydroxylation is 3. The highest BCUT2D eigenvalue weighted by Crippen LogP contribution is 2.09. The molecule has 2 aromatic rings. The van der Waals surface area contributed by atoms with Crippen molar-refractivity contribution in [1.82, 2.24) is 9.97 Å². The molecule has 1 aromatic heterocycles. The molecule has 0 bridgehead atoms. The standard InChI is InChI=1S/C17H24N2/c1-2-3-13-17-18-14-16(19-17)12-8-7-11-15-9-5-4-6-10-15/h4-6,9-10,14H,2-3,7-8,11-13H2,1H3,(H,18,19). The van der Waals surface area contributed by atoms with Gasteiger partial charge >= 0.3 is 0 Å². The number of aromatic nitrogens is 2. The lowest BCUT2D eigenvalue weighted by Crippen LogP contribution is -1.91. The van der Waals surface area contributed by atoms with Crippen LogP contribution in [-0.4, -0.2) is 9.97 Å². The quantitative estimate of drug-likeness (QED) is 0.700. The molecule has 102 valence electrons. The van der Waals surface area contributed by atoms with Crippen molar-refractivity contribution in [2.45, 2.75) is 51.9 Å². The van der Waals surface area contributed by atoms with Crippen LogP contribution in [0.4, 0.5) is 0 Å². The Bertz CT molecular complexity index is 459. The molecule has 0 fully saturated rings. The normalized spacial score (nSPS) is 10.8. The van der Waals surface area contributed by atoms with Crippen LogP contribution in [-0.2, 0) is 19.3 Å². The minimum absolute atomic E-state index is 1.08. The van der Waals surface area contributed by atoms with Crippen molar-refractivity contribution < 1.29 is 0 Å². The first kappa shape index (κ1) is 13.9. The average Bonchev–Trinajstić information content (AvgIpc) is 2.90. The fourth-order valence-corrected chi connectivity index (χ4v) is 2.29. The lowest BCUT2D eigenvalue weighted by Gasteiger charge is -2.00. The van der Waals surface area contributed by atoms with Gasteiger partial charge in [0.05, 0.1) is 0 Å². The third-order valence-electron chi connectivity index (χ3n) is 3.45. The fourth-order valence-electron chi connectivity index (χ4n) is 2.29. The zero-order valence-corrected chi connectivity index (χ0v) is 11.9. The van der Waals surface area contributed by atoms with Gasteiger partial charge < -0.3 is 4.98 Å². The second-order valence-corrected chi connectivity index (χ2v) is 5.15. The lowest BCUT2D eigenvalue weighted by atomic mass is 10.1. The minimum Gasteiger partial charge on any atom is -0.346 e. The number of aromatic amines is 1. The highest BCUT2D eigenvalue weighted by Gasteiger charge is 2.00. The Labute approximate surface area is 116 Å². The van der Waals surface area contributed by atoms with Gasteiger partial charge in [-0.15, -0.1) is 0 Å². The maximum atomic E-state index is 4.44. The van der Waals surface area contributed by atoms with Crippen molar-refractivity contribution >= 4 is 0 Å². The number of H-pyrrole nitrogens is 1. The molecule has 2 rings (SSSR count). The largest absolute Gasteiger partial charge is 0.346 e. The first-order chi connectivity index (χ1) is 9.38. The summed E-state index contributed by atoms with van der Waals surface area (Å²) in [5.41, 5.74) is 2.73. The van der Waals surface area contributed by atoms with E-state index >= 15 is 0 Å². The number of rotatable bonds is 8. The summed E-state index contributed by atoms with van der Waals surface area (Å²) in [6.45, 7) is 2.22. The van der Waals surface area contributed by atoms with Crippen LogP contribution in [0.1, 0.15) is 49.7 Å². The van der Waals surface area contributed by atoms with Gasteiger partial charge in [-0.25, -0.2) is 4.98 Å². The van der Waals surface area contributed by atoms with E-state index in [1.165, 1.54) is 43.4 Å². The van der Waals surface area contributed by atoms with Crippen molar-refractivity contribution in [3.8, 4) is 0 Å². The molecule has 0 radical (unpaired) electrons. The summed E-state index contributed by atoms with van der Waals surface area (Å²) < 4.78 is 0. The molecule has 2 nitrogen and oxygen atoms in total. The number of imidazole rings is 1. The Balaban J connectivity index is 1.66. The van der Waals surface area contributed by atoms with Crippen LogP contribution >= 0.6 is 0 Å². The first-order valence-corrected chi connectivity index (χ1v) is 7.45. The van der Waals surface area contributed by atoms with Crippen LogP contribution in [0.25, 0.3) is 0 Å². The van der Waals surface area contributed by atoms with Gasteiger partial charge in [-0.2, -0.15) is 0 Å². The lowest BCUT2D eigenvalue weighted by molar-refractivity contribution is 0.719. The maximum absolute atomic E-state index is 4.44. The molecular weight excluding hydrogens is 232 g/mol. The molecule has 1 aromatic carbocycles. The molecule has 0 spiro atoms. The molecule has 0 aliphatic heterocycles. The number of benzene rings is 1. The molecule has 0 amide bonds. The highest BCUT2D eigenvalue weighted by atomic mass is 14.9. The number of hydrogen-bond acceptors (Lipinski definition) is 1. The highest BCUT2D eigenvalue weighted by molar-refractivity contribution is 5.14. The van der Waals surface area contributed by atoms with Gasteiger partial charge in [0.1, 0.15) is 5.82 Å². The predicted octanol–water partition coefficient (Wildman–Crippen LogP) is 4.32. The van der Waals surface area contributed by atoms with Gasteiger partial charge in [0.25, 0.3) is 0 Å². The predicted molar refractivity (Wildman–Crippen MR) is 80.3 cm³/mol. The van der Waals surface area contributed by atoms with Crippen LogP contribution in [0.3, 0.4) is 0 Å². The third-order valence-corrected chi connectivity index (χ3v) is 3.45. The zero-order valence-electron chi connectivity index (χ0n) is 11.9. The van der Waals surface area contributed by atoms with Gasteiger partial charge in [0.15, 0.2) is 0 Å². The summed E-state index contributed by atoms with van der Waals surface area (Å²) in [5, 5.41) is 0. The topological polar surface area (TPSA) is 28.7 Å². The maximum Gasteiger partial charge on any atom is 0.106 e. The fraction of sp³-hybridized carbons (Fsp3) is 0.471. The summed E-state index contributed by atoms with van der Waals surface area (Å²) >= 11 is 0. The van der Waals surface area contributed by atoms with Crippen LogP contribution in [0.15, 0.2) is 36.5 Å². The van der Waals surface area contributed by atoms with E-state index in [0.717, 1.165) is 18.7 Å². The summed E-state index contributed by atoms with van der Waals surface area (Å²) in [7, 11) is 0. The van der Waals surface area contributed by atoms with Gasteiger partial charge in [0.2, 0.25) is 0 Å². The zero-order chi connectivity index (χ0) is 13.3. The second-order valence-electron chi connectivity index (χ2n) is 5.15. The molecule has 1 heterocycles. The minimum atomic E-state index is 1.08. The molecule has 1 N–H and O–H groups in total. The van der Waals surface area contributed by atoms with E-state index in [1.54, 1.807) is 0 Å². The van der Waals surface area contributed by atoms with E-state index in [4.69, 9.17) is 0 Å². The first-order valence-electron chi connectivity index (χ1n) is 7.45. The van der Waals surface area contributed by atoms with Crippen molar-refractivity contribution in [3.05, 3.63) is 53.6 Å². The molecule has 0 unspecified atom stereocenters. The van der Waals surface area contributed by atoms with Crippen LogP contribution in [0.5, 0.6) is 0 Å². The molecule has 0 saturated heterocycles. The molecule has 2 heteroatoms. The Hall–Kier alpha value is -1.57. The molecular formula is C17H24N2. The van der Waals surface area contributed by atoms with E-state index in [-0.39, 0.29) is 0 Å². The third kappa shape index (κ3) is 4.90. The van der Waals surface area contributed by atoms with E-state index < -0.39 is 0 Å².